The molecule has 1 saturated carbocycles. The first kappa shape index (κ1) is 18.6. The fourth-order valence-corrected chi connectivity index (χ4v) is 5.43. The molecule has 4 amide bonds. The molecule has 4 fully saturated rings. The van der Waals surface area contributed by atoms with Crippen molar-refractivity contribution in [2.24, 2.45) is 5.92 Å². The fraction of sp³-hybridized carbons (Fsp3) is 0.600. The molecular weight excluding hydrogens is 392 g/mol. The van der Waals surface area contributed by atoms with E-state index >= 15 is 0 Å². The average Bonchev–Trinajstić information content (AvgIpc) is 3.10. The van der Waals surface area contributed by atoms with Crippen LogP contribution in [0.25, 0.3) is 0 Å². The van der Waals surface area contributed by atoms with Crippen molar-refractivity contribution in [2.75, 3.05) is 13.1 Å². The lowest BCUT2D eigenvalue weighted by molar-refractivity contribution is -0.144. The standard InChI is InChI=1S/C20H24N4O4S/c25-16(9-13-2-1-7-29-13)23-6-5-14-17(23)20(28)24-10-12(8-15(24)19(27)22-14)21-18(26)11-3-4-11/h1-2,7,11-12,14-15,17H,3-6,8-10H2,(H,21,26)(H,22,27). The lowest BCUT2D eigenvalue weighted by Crippen LogP contribution is -2.53. The molecule has 2 N–H and O–H groups in total. The van der Waals surface area contributed by atoms with Gasteiger partial charge in [-0.3, -0.25) is 19.2 Å². The lowest BCUT2D eigenvalue weighted by Gasteiger charge is -2.29. The summed E-state index contributed by atoms with van der Waals surface area (Å²) in [5, 5.41) is 7.91. The topological polar surface area (TPSA) is 98.8 Å². The second-order valence-electron chi connectivity index (χ2n) is 8.41. The minimum Gasteiger partial charge on any atom is -0.351 e. The van der Waals surface area contributed by atoms with Gasteiger partial charge in [-0.2, -0.15) is 0 Å². The third-order valence-electron chi connectivity index (χ3n) is 6.39. The third kappa shape index (κ3) is 3.41. The molecule has 0 bridgehead atoms. The molecule has 154 valence electrons. The van der Waals surface area contributed by atoms with Gasteiger partial charge in [0.25, 0.3) is 0 Å². The molecule has 3 saturated heterocycles. The van der Waals surface area contributed by atoms with Crippen LogP contribution >= 0.6 is 11.3 Å². The molecular formula is C20H24N4O4S. The maximum absolute atomic E-state index is 13.4. The Balaban J connectivity index is 1.32. The smallest absolute Gasteiger partial charge is 0.248 e. The van der Waals surface area contributed by atoms with Gasteiger partial charge in [0, 0.05) is 29.9 Å². The molecule has 0 radical (unpaired) electrons. The SMILES string of the molecule is O=C(NC1CC2C(=O)NC3CCN(C(=O)Cc4cccs4)C3C(=O)N2C1)C1CC1. The van der Waals surface area contributed by atoms with E-state index in [1.807, 2.05) is 17.5 Å². The summed E-state index contributed by atoms with van der Waals surface area (Å²) in [5.74, 6) is -0.338. The molecule has 9 heteroatoms. The molecule has 3 aliphatic heterocycles. The highest BCUT2D eigenvalue weighted by atomic mass is 32.1. The van der Waals surface area contributed by atoms with Crippen LogP contribution in [-0.2, 0) is 25.6 Å². The summed E-state index contributed by atoms with van der Waals surface area (Å²) in [6.07, 6.45) is 3.11. The molecule has 5 rings (SSSR count). The number of carbonyl (C=O) groups is 4. The van der Waals surface area contributed by atoms with Crippen molar-refractivity contribution in [3.8, 4) is 0 Å². The van der Waals surface area contributed by atoms with Crippen molar-refractivity contribution in [3.05, 3.63) is 22.4 Å². The molecule has 1 aromatic rings. The second-order valence-corrected chi connectivity index (χ2v) is 9.45. The molecule has 4 aliphatic rings. The summed E-state index contributed by atoms with van der Waals surface area (Å²) in [4.78, 5) is 55.3. The van der Waals surface area contributed by atoms with Gasteiger partial charge < -0.3 is 20.4 Å². The lowest BCUT2D eigenvalue weighted by atomic mass is 10.1. The Hall–Kier alpha value is -2.42. The van der Waals surface area contributed by atoms with Gasteiger partial charge in [0.1, 0.15) is 12.1 Å². The van der Waals surface area contributed by atoms with E-state index in [1.165, 1.54) is 11.3 Å². The van der Waals surface area contributed by atoms with Gasteiger partial charge >= 0.3 is 0 Å². The molecule has 1 aromatic heterocycles. The molecule has 1 aliphatic carbocycles. The van der Waals surface area contributed by atoms with Crippen LogP contribution in [0.1, 0.15) is 30.6 Å². The maximum Gasteiger partial charge on any atom is 0.248 e. The Bertz CT molecular complexity index is 853. The summed E-state index contributed by atoms with van der Waals surface area (Å²) < 4.78 is 0. The zero-order valence-corrected chi connectivity index (χ0v) is 16.8. The third-order valence-corrected chi connectivity index (χ3v) is 7.26. The minimum absolute atomic E-state index is 0.0204. The molecule has 8 nitrogen and oxygen atoms in total. The maximum atomic E-state index is 13.4. The molecule has 4 heterocycles. The summed E-state index contributed by atoms with van der Waals surface area (Å²) in [7, 11) is 0. The van der Waals surface area contributed by atoms with Crippen LogP contribution in [0, 0.1) is 5.92 Å². The Morgan fingerprint density at radius 3 is 2.79 bits per heavy atom. The van der Waals surface area contributed by atoms with Crippen molar-refractivity contribution in [2.45, 2.75) is 56.3 Å². The average molecular weight is 417 g/mol. The Morgan fingerprint density at radius 2 is 2.07 bits per heavy atom. The number of carbonyl (C=O) groups excluding carboxylic acids is 4. The predicted molar refractivity (Wildman–Crippen MR) is 105 cm³/mol. The Morgan fingerprint density at radius 1 is 1.24 bits per heavy atom. The zero-order valence-electron chi connectivity index (χ0n) is 16.0. The van der Waals surface area contributed by atoms with E-state index in [0.29, 0.717) is 25.9 Å². The highest BCUT2D eigenvalue weighted by Gasteiger charge is 2.52. The quantitative estimate of drug-likeness (QED) is 0.715. The Kier molecular flexibility index (Phi) is 4.57. The largest absolute Gasteiger partial charge is 0.351 e. The number of amides is 4. The van der Waals surface area contributed by atoms with E-state index in [0.717, 1.165) is 17.7 Å². The van der Waals surface area contributed by atoms with Gasteiger partial charge in [-0.25, -0.2) is 0 Å². The number of hydrogen-bond donors (Lipinski definition) is 2. The number of thiophene rings is 1. The van der Waals surface area contributed by atoms with Gasteiger partial charge in [0.05, 0.1) is 12.5 Å². The number of likely N-dealkylation sites (tertiary alicyclic amines) is 1. The van der Waals surface area contributed by atoms with Crippen LogP contribution in [-0.4, -0.2) is 70.7 Å². The monoisotopic (exact) mass is 416 g/mol. The van der Waals surface area contributed by atoms with Crippen molar-refractivity contribution in [1.29, 1.82) is 0 Å². The van der Waals surface area contributed by atoms with E-state index in [4.69, 9.17) is 0 Å². The first-order valence-corrected chi connectivity index (χ1v) is 11.1. The Labute approximate surface area is 172 Å². The zero-order chi connectivity index (χ0) is 20.1. The molecule has 0 aromatic carbocycles. The van der Waals surface area contributed by atoms with Crippen molar-refractivity contribution < 1.29 is 19.2 Å². The molecule has 0 spiro atoms. The number of nitrogens with one attached hydrogen (secondary N) is 2. The van der Waals surface area contributed by atoms with Crippen LogP contribution in [0.2, 0.25) is 0 Å². The van der Waals surface area contributed by atoms with E-state index < -0.39 is 12.1 Å². The van der Waals surface area contributed by atoms with Crippen LogP contribution < -0.4 is 10.6 Å². The van der Waals surface area contributed by atoms with Crippen LogP contribution in [0.4, 0.5) is 0 Å². The predicted octanol–water partition coefficient (Wildman–Crippen LogP) is -0.114. The number of fused-ring (bicyclic) bond motifs is 2. The van der Waals surface area contributed by atoms with Gasteiger partial charge in [-0.15, -0.1) is 11.3 Å². The van der Waals surface area contributed by atoms with Gasteiger partial charge in [0.2, 0.25) is 23.6 Å². The van der Waals surface area contributed by atoms with Crippen molar-refractivity contribution in [1.82, 2.24) is 20.4 Å². The van der Waals surface area contributed by atoms with E-state index in [2.05, 4.69) is 10.6 Å². The van der Waals surface area contributed by atoms with Crippen molar-refractivity contribution in [3.63, 3.8) is 0 Å². The molecule has 4 unspecified atom stereocenters. The molecule has 29 heavy (non-hydrogen) atoms. The summed E-state index contributed by atoms with van der Waals surface area (Å²) >= 11 is 1.52. The van der Waals surface area contributed by atoms with E-state index in [9.17, 15) is 19.2 Å². The first-order chi connectivity index (χ1) is 14.0. The normalized spacial score (nSPS) is 31.2. The van der Waals surface area contributed by atoms with Crippen LogP contribution in [0.3, 0.4) is 0 Å². The number of rotatable bonds is 4. The highest BCUT2D eigenvalue weighted by molar-refractivity contribution is 7.10. The fourth-order valence-electron chi connectivity index (χ4n) is 4.74. The molecule has 4 atom stereocenters. The summed E-state index contributed by atoms with van der Waals surface area (Å²) in [6, 6.07) is 2.03. The minimum atomic E-state index is -0.658. The number of hydrogen-bond acceptors (Lipinski definition) is 5. The van der Waals surface area contributed by atoms with Gasteiger partial charge in [0.15, 0.2) is 0 Å². The van der Waals surface area contributed by atoms with Gasteiger partial charge in [-0.1, -0.05) is 6.07 Å². The second kappa shape index (κ2) is 7.12. The van der Waals surface area contributed by atoms with Crippen molar-refractivity contribution >= 4 is 35.0 Å². The van der Waals surface area contributed by atoms with Crippen LogP contribution in [0.15, 0.2) is 17.5 Å². The highest BCUT2D eigenvalue weighted by Crippen LogP contribution is 2.32. The van der Waals surface area contributed by atoms with Crippen LogP contribution in [0.5, 0.6) is 0 Å². The summed E-state index contributed by atoms with van der Waals surface area (Å²) in [5.41, 5.74) is 0. The first-order valence-electron chi connectivity index (χ1n) is 10.2. The van der Waals surface area contributed by atoms with Gasteiger partial charge in [-0.05, 0) is 37.1 Å². The van der Waals surface area contributed by atoms with E-state index in [1.54, 1.807) is 9.80 Å². The summed E-state index contributed by atoms with van der Waals surface area (Å²) in [6.45, 7) is 0.789. The van der Waals surface area contributed by atoms with E-state index in [-0.39, 0.29) is 48.1 Å². The number of nitrogens with zero attached hydrogens (tertiary/aromatic N) is 2.